The molecule has 0 aliphatic heterocycles. The van der Waals surface area contributed by atoms with Gasteiger partial charge in [-0.2, -0.15) is 14.0 Å². The molecule has 0 spiro atoms. The lowest BCUT2D eigenvalue weighted by Crippen LogP contribution is -2.30. The molecule has 0 aliphatic carbocycles. The molecule has 1 atom stereocenters. The standard InChI is InChI=1S/C20H15F2N3O3S/c1-12(27-14-8-6-13(10-23)7-9-14)18(26)25-20-24-16(11-29-20)15-4-2-3-5-17(15)28-19(21)22/h2-9,11-12,19H,1H3,(H,24,25,26). The van der Waals surface area contributed by atoms with E-state index in [2.05, 4.69) is 15.0 Å². The number of amides is 1. The highest BCUT2D eigenvalue weighted by Crippen LogP contribution is 2.33. The number of alkyl halides is 2. The molecule has 2 aromatic carbocycles. The molecule has 1 N–H and O–H groups in total. The molecule has 148 valence electrons. The van der Waals surface area contributed by atoms with Crippen LogP contribution in [-0.4, -0.2) is 23.6 Å². The van der Waals surface area contributed by atoms with Crippen LogP contribution in [0, 0.1) is 11.3 Å². The highest BCUT2D eigenvalue weighted by molar-refractivity contribution is 7.14. The number of halogens is 2. The van der Waals surface area contributed by atoms with Crippen molar-refractivity contribution in [3.8, 4) is 28.8 Å². The van der Waals surface area contributed by atoms with Gasteiger partial charge < -0.3 is 9.47 Å². The number of rotatable bonds is 7. The van der Waals surface area contributed by atoms with Crippen molar-refractivity contribution in [2.24, 2.45) is 0 Å². The molecule has 0 saturated carbocycles. The Morgan fingerprint density at radius 1 is 1.17 bits per heavy atom. The SMILES string of the molecule is CC(Oc1ccc(C#N)cc1)C(=O)Nc1nc(-c2ccccc2OC(F)F)cs1. The maximum absolute atomic E-state index is 12.6. The number of nitrogens with zero attached hydrogens (tertiary/aromatic N) is 2. The molecule has 3 rings (SSSR count). The molecule has 1 heterocycles. The Bertz CT molecular complexity index is 1030. The molecule has 1 aromatic heterocycles. The second kappa shape index (κ2) is 9.12. The molecule has 0 aliphatic rings. The first-order valence-corrected chi connectivity index (χ1v) is 9.31. The van der Waals surface area contributed by atoms with Crippen molar-refractivity contribution in [2.45, 2.75) is 19.6 Å². The number of hydrogen-bond donors (Lipinski definition) is 1. The maximum atomic E-state index is 12.6. The predicted octanol–water partition coefficient (Wildman–Crippen LogP) is 4.69. The maximum Gasteiger partial charge on any atom is 0.387 e. The number of para-hydroxylation sites is 1. The van der Waals surface area contributed by atoms with Gasteiger partial charge in [-0.25, -0.2) is 4.98 Å². The third kappa shape index (κ3) is 5.27. The molecule has 9 heteroatoms. The second-order valence-corrected chi connectivity index (χ2v) is 6.66. The van der Waals surface area contributed by atoms with E-state index in [1.165, 1.54) is 6.07 Å². The van der Waals surface area contributed by atoms with Crippen LogP contribution < -0.4 is 14.8 Å². The van der Waals surface area contributed by atoms with E-state index in [0.717, 1.165) is 11.3 Å². The molecule has 0 saturated heterocycles. The van der Waals surface area contributed by atoms with Gasteiger partial charge in [0.1, 0.15) is 11.5 Å². The molecule has 0 radical (unpaired) electrons. The van der Waals surface area contributed by atoms with Crippen molar-refractivity contribution >= 4 is 22.4 Å². The van der Waals surface area contributed by atoms with E-state index in [4.69, 9.17) is 10.00 Å². The Hall–Kier alpha value is -3.51. The van der Waals surface area contributed by atoms with Crippen LogP contribution in [0.4, 0.5) is 13.9 Å². The average Bonchev–Trinajstić information content (AvgIpc) is 3.16. The number of carbonyl (C=O) groups is 1. The third-order valence-electron chi connectivity index (χ3n) is 3.78. The first-order valence-electron chi connectivity index (χ1n) is 8.43. The number of carbonyl (C=O) groups excluding carboxylic acids is 1. The fourth-order valence-electron chi connectivity index (χ4n) is 2.40. The first-order chi connectivity index (χ1) is 14.0. The van der Waals surface area contributed by atoms with Gasteiger partial charge >= 0.3 is 6.61 Å². The lowest BCUT2D eigenvalue weighted by atomic mass is 10.1. The van der Waals surface area contributed by atoms with Crippen LogP contribution in [-0.2, 0) is 4.79 Å². The van der Waals surface area contributed by atoms with Crippen molar-refractivity contribution in [3.63, 3.8) is 0 Å². The van der Waals surface area contributed by atoms with Gasteiger partial charge in [-0.05, 0) is 43.3 Å². The molecule has 0 bridgehead atoms. The quantitative estimate of drug-likeness (QED) is 0.605. The summed E-state index contributed by atoms with van der Waals surface area (Å²) in [7, 11) is 0. The fraction of sp³-hybridized carbons (Fsp3) is 0.150. The van der Waals surface area contributed by atoms with Crippen molar-refractivity contribution in [3.05, 3.63) is 59.5 Å². The topological polar surface area (TPSA) is 84.2 Å². The minimum absolute atomic E-state index is 0.00296. The van der Waals surface area contributed by atoms with Crippen molar-refractivity contribution < 1.29 is 23.0 Å². The van der Waals surface area contributed by atoms with Crippen LogP contribution in [0.15, 0.2) is 53.9 Å². The second-order valence-electron chi connectivity index (χ2n) is 5.80. The van der Waals surface area contributed by atoms with Gasteiger partial charge in [0.25, 0.3) is 5.91 Å². The number of aromatic nitrogens is 1. The summed E-state index contributed by atoms with van der Waals surface area (Å²) in [5.74, 6) is 0.0279. The summed E-state index contributed by atoms with van der Waals surface area (Å²) in [6.45, 7) is -1.37. The Kier molecular flexibility index (Phi) is 6.36. The molecular formula is C20H15F2N3O3S. The van der Waals surface area contributed by atoms with Crippen LogP contribution in [0.3, 0.4) is 0 Å². The monoisotopic (exact) mass is 415 g/mol. The zero-order chi connectivity index (χ0) is 20.8. The number of hydrogen-bond acceptors (Lipinski definition) is 6. The molecule has 29 heavy (non-hydrogen) atoms. The zero-order valence-corrected chi connectivity index (χ0v) is 16.0. The number of thiazole rings is 1. The smallest absolute Gasteiger partial charge is 0.387 e. The van der Waals surface area contributed by atoms with E-state index in [1.54, 1.807) is 54.8 Å². The molecule has 1 unspecified atom stereocenters. The van der Waals surface area contributed by atoms with Gasteiger partial charge in [0.05, 0.1) is 17.3 Å². The van der Waals surface area contributed by atoms with E-state index in [-0.39, 0.29) is 5.75 Å². The lowest BCUT2D eigenvalue weighted by molar-refractivity contribution is -0.122. The van der Waals surface area contributed by atoms with E-state index in [9.17, 15) is 13.6 Å². The Balaban J connectivity index is 1.66. The van der Waals surface area contributed by atoms with Crippen molar-refractivity contribution in [2.75, 3.05) is 5.32 Å². The third-order valence-corrected chi connectivity index (χ3v) is 4.54. The van der Waals surface area contributed by atoms with Gasteiger partial charge in [0.15, 0.2) is 11.2 Å². The number of nitrogens with one attached hydrogen (secondary N) is 1. The molecular weight excluding hydrogens is 400 g/mol. The van der Waals surface area contributed by atoms with E-state index in [1.807, 2.05) is 6.07 Å². The molecule has 0 fully saturated rings. The highest BCUT2D eigenvalue weighted by atomic mass is 32.1. The molecule has 3 aromatic rings. The summed E-state index contributed by atoms with van der Waals surface area (Å²) >= 11 is 1.15. The predicted molar refractivity (Wildman–Crippen MR) is 104 cm³/mol. The summed E-state index contributed by atoms with van der Waals surface area (Å²) in [4.78, 5) is 16.6. The van der Waals surface area contributed by atoms with Gasteiger partial charge in [-0.3, -0.25) is 10.1 Å². The van der Waals surface area contributed by atoms with Crippen molar-refractivity contribution in [1.29, 1.82) is 5.26 Å². The Morgan fingerprint density at radius 3 is 2.59 bits per heavy atom. The van der Waals surface area contributed by atoms with Crippen LogP contribution in [0.1, 0.15) is 12.5 Å². The van der Waals surface area contributed by atoms with Crippen LogP contribution >= 0.6 is 11.3 Å². The summed E-state index contributed by atoms with van der Waals surface area (Å²) in [6.07, 6.45) is -0.815. The largest absolute Gasteiger partial charge is 0.481 e. The Labute approximate surface area is 169 Å². The summed E-state index contributed by atoms with van der Waals surface area (Å²) in [5, 5.41) is 13.4. The lowest BCUT2D eigenvalue weighted by Gasteiger charge is -2.13. The molecule has 1 amide bonds. The number of nitriles is 1. The zero-order valence-electron chi connectivity index (χ0n) is 15.1. The highest BCUT2D eigenvalue weighted by Gasteiger charge is 2.18. The first kappa shape index (κ1) is 20.2. The summed E-state index contributed by atoms with van der Waals surface area (Å²) in [6, 6.07) is 14.7. The van der Waals surface area contributed by atoms with Gasteiger partial charge in [-0.15, -0.1) is 11.3 Å². The van der Waals surface area contributed by atoms with Crippen LogP contribution in [0.2, 0.25) is 0 Å². The van der Waals surface area contributed by atoms with Gasteiger partial charge in [-0.1, -0.05) is 12.1 Å². The minimum Gasteiger partial charge on any atom is -0.481 e. The van der Waals surface area contributed by atoms with E-state index < -0.39 is 18.6 Å². The van der Waals surface area contributed by atoms with E-state index >= 15 is 0 Å². The average molecular weight is 415 g/mol. The minimum atomic E-state index is -2.95. The van der Waals surface area contributed by atoms with E-state index in [0.29, 0.717) is 27.7 Å². The van der Waals surface area contributed by atoms with Gasteiger partial charge in [0.2, 0.25) is 0 Å². The fourth-order valence-corrected chi connectivity index (χ4v) is 3.12. The number of anilines is 1. The normalized spacial score (nSPS) is 11.6. The number of benzene rings is 2. The number of ether oxygens (including phenoxy) is 2. The Morgan fingerprint density at radius 2 is 1.90 bits per heavy atom. The van der Waals surface area contributed by atoms with Crippen molar-refractivity contribution in [1.82, 2.24) is 4.98 Å². The van der Waals surface area contributed by atoms with Gasteiger partial charge in [0, 0.05) is 10.9 Å². The summed E-state index contributed by atoms with van der Waals surface area (Å²) in [5.41, 5.74) is 1.29. The van der Waals surface area contributed by atoms with Crippen LogP contribution in [0.5, 0.6) is 11.5 Å². The summed E-state index contributed by atoms with van der Waals surface area (Å²) < 4.78 is 35.2. The van der Waals surface area contributed by atoms with Crippen LogP contribution in [0.25, 0.3) is 11.3 Å². The molecule has 6 nitrogen and oxygen atoms in total.